The zero-order valence-corrected chi connectivity index (χ0v) is 12.2. The van der Waals surface area contributed by atoms with Crippen LogP contribution in [0.25, 0.3) is 0 Å². The molecule has 1 rings (SSSR count). The number of hydrogen-bond donors (Lipinski definition) is 3. The molecule has 1 unspecified atom stereocenters. The Morgan fingerprint density at radius 1 is 1.45 bits per heavy atom. The van der Waals surface area contributed by atoms with Crippen molar-refractivity contribution in [3.05, 3.63) is 18.2 Å². The molecule has 7 nitrogen and oxygen atoms in total. The number of carbonyl (C=O) groups is 1. The van der Waals surface area contributed by atoms with Gasteiger partial charge in [0.25, 0.3) is 0 Å². The van der Waals surface area contributed by atoms with E-state index in [1.54, 1.807) is 0 Å². The molecule has 20 heavy (non-hydrogen) atoms. The highest BCUT2D eigenvalue weighted by atomic mass is 32.2. The highest BCUT2D eigenvalue weighted by molar-refractivity contribution is 7.89. The zero-order valence-electron chi connectivity index (χ0n) is 11.4. The molecule has 0 saturated carbocycles. The van der Waals surface area contributed by atoms with Gasteiger partial charge in [0.1, 0.15) is 5.75 Å². The molecule has 1 amide bonds. The molecule has 1 aromatic carbocycles. The smallest absolute Gasteiger partial charge is 0.238 e. The Bertz CT molecular complexity index is 586. The minimum atomic E-state index is -3.84. The molecular weight excluding hydrogens is 282 g/mol. The van der Waals surface area contributed by atoms with Gasteiger partial charge in [-0.1, -0.05) is 6.92 Å². The van der Waals surface area contributed by atoms with E-state index in [2.05, 4.69) is 5.32 Å². The van der Waals surface area contributed by atoms with Crippen LogP contribution in [0.3, 0.4) is 0 Å². The van der Waals surface area contributed by atoms with Gasteiger partial charge in [0.2, 0.25) is 15.9 Å². The number of nitrogens with two attached hydrogens (primary N) is 2. The van der Waals surface area contributed by atoms with E-state index in [0.29, 0.717) is 12.3 Å². The second-order valence-corrected chi connectivity index (χ2v) is 6.06. The van der Waals surface area contributed by atoms with Crippen LogP contribution in [0, 0.1) is 5.92 Å². The maximum Gasteiger partial charge on any atom is 0.238 e. The van der Waals surface area contributed by atoms with E-state index in [0.717, 1.165) is 0 Å². The average Bonchev–Trinajstić information content (AvgIpc) is 2.37. The van der Waals surface area contributed by atoms with Gasteiger partial charge < -0.3 is 15.8 Å². The monoisotopic (exact) mass is 301 g/mol. The lowest BCUT2D eigenvalue weighted by molar-refractivity contribution is -0.116. The van der Waals surface area contributed by atoms with E-state index in [1.165, 1.54) is 25.3 Å². The van der Waals surface area contributed by atoms with Crippen molar-refractivity contribution in [3.63, 3.8) is 0 Å². The fourth-order valence-corrected chi connectivity index (χ4v) is 2.10. The van der Waals surface area contributed by atoms with Gasteiger partial charge >= 0.3 is 0 Å². The Labute approximate surface area is 118 Å². The topological polar surface area (TPSA) is 125 Å². The number of carbonyl (C=O) groups excluding carboxylic acids is 1. The molecule has 5 N–H and O–H groups in total. The van der Waals surface area contributed by atoms with Crippen molar-refractivity contribution in [2.45, 2.75) is 18.2 Å². The first-order chi connectivity index (χ1) is 9.27. The Morgan fingerprint density at radius 2 is 2.10 bits per heavy atom. The van der Waals surface area contributed by atoms with Gasteiger partial charge in [-0.05, 0) is 30.7 Å². The number of primary sulfonamides is 1. The van der Waals surface area contributed by atoms with Crippen LogP contribution in [0.4, 0.5) is 5.69 Å². The maximum atomic E-state index is 11.8. The fraction of sp³-hybridized carbons (Fsp3) is 0.417. The van der Waals surface area contributed by atoms with Gasteiger partial charge in [-0.15, -0.1) is 0 Å². The summed E-state index contributed by atoms with van der Waals surface area (Å²) in [7, 11) is -2.42. The van der Waals surface area contributed by atoms with E-state index in [4.69, 9.17) is 15.6 Å². The summed E-state index contributed by atoms with van der Waals surface area (Å²) in [4.78, 5) is 11.7. The summed E-state index contributed by atoms with van der Waals surface area (Å²) in [6.07, 6.45) is 0.235. The summed E-state index contributed by atoms with van der Waals surface area (Å²) >= 11 is 0. The van der Waals surface area contributed by atoms with Gasteiger partial charge in [-0.2, -0.15) is 0 Å². The van der Waals surface area contributed by atoms with Crippen molar-refractivity contribution in [1.29, 1.82) is 0 Å². The van der Waals surface area contributed by atoms with Gasteiger partial charge in [-0.3, -0.25) is 4.79 Å². The zero-order chi connectivity index (χ0) is 15.3. The normalized spacial score (nSPS) is 12.8. The molecule has 0 aliphatic rings. The third-order valence-corrected chi connectivity index (χ3v) is 3.62. The Morgan fingerprint density at radius 3 is 2.60 bits per heavy atom. The summed E-state index contributed by atoms with van der Waals surface area (Å²) in [6, 6.07) is 4.01. The molecule has 0 bridgehead atoms. The molecular formula is C12H19N3O4S. The van der Waals surface area contributed by atoms with Gasteiger partial charge in [0.15, 0.2) is 0 Å². The Balaban J connectivity index is 3.00. The summed E-state index contributed by atoms with van der Waals surface area (Å²) in [5, 5.41) is 7.65. The van der Waals surface area contributed by atoms with Crippen molar-refractivity contribution in [2.24, 2.45) is 16.8 Å². The first kappa shape index (κ1) is 16.4. The maximum absolute atomic E-state index is 11.8. The molecule has 0 aliphatic carbocycles. The molecule has 0 spiro atoms. The largest absolute Gasteiger partial charge is 0.495 e. The predicted molar refractivity (Wildman–Crippen MR) is 75.8 cm³/mol. The minimum absolute atomic E-state index is 0.0300. The SMILES string of the molecule is COc1ccc(S(N)(=O)=O)cc1NC(=O)CC(C)CN. The molecule has 1 aromatic rings. The molecule has 1 atom stereocenters. The quantitative estimate of drug-likeness (QED) is 0.695. The molecule has 0 aliphatic heterocycles. The second kappa shape index (κ2) is 6.69. The van der Waals surface area contributed by atoms with E-state index in [-0.39, 0.29) is 28.8 Å². The predicted octanol–water partition coefficient (Wildman–Crippen LogP) is 0.266. The van der Waals surface area contributed by atoms with E-state index in [9.17, 15) is 13.2 Å². The molecule has 8 heteroatoms. The van der Waals surface area contributed by atoms with Gasteiger partial charge in [0.05, 0.1) is 17.7 Å². The van der Waals surface area contributed by atoms with E-state index < -0.39 is 10.0 Å². The number of sulfonamides is 1. The molecule has 0 fully saturated rings. The van der Waals surface area contributed by atoms with Crippen molar-refractivity contribution >= 4 is 21.6 Å². The van der Waals surface area contributed by atoms with Crippen molar-refractivity contribution < 1.29 is 17.9 Å². The van der Waals surface area contributed by atoms with Crippen LogP contribution in [-0.2, 0) is 14.8 Å². The lowest BCUT2D eigenvalue weighted by atomic mass is 10.1. The van der Waals surface area contributed by atoms with Crippen LogP contribution in [0.15, 0.2) is 23.1 Å². The summed E-state index contributed by atoms with van der Waals surface area (Å²) in [6.45, 7) is 2.24. The fourth-order valence-electron chi connectivity index (χ4n) is 1.56. The summed E-state index contributed by atoms with van der Waals surface area (Å²) in [5.41, 5.74) is 5.71. The number of amides is 1. The third-order valence-electron chi connectivity index (χ3n) is 2.71. The summed E-state index contributed by atoms with van der Waals surface area (Å²) < 4.78 is 27.7. The lowest BCUT2D eigenvalue weighted by Crippen LogP contribution is -2.20. The first-order valence-corrected chi connectivity index (χ1v) is 7.53. The van der Waals surface area contributed by atoms with E-state index in [1.807, 2.05) is 6.92 Å². The molecule has 0 heterocycles. The Hall–Kier alpha value is -1.64. The first-order valence-electron chi connectivity index (χ1n) is 5.98. The number of hydrogen-bond acceptors (Lipinski definition) is 5. The highest BCUT2D eigenvalue weighted by Crippen LogP contribution is 2.27. The molecule has 0 saturated heterocycles. The number of benzene rings is 1. The minimum Gasteiger partial charge on any atom is -0.495 e. The number of nitrogens with one attached hydrogen (secondary N) is 1. The Kier molecular flexibility index (Phi) is 5.49. The number of ether oxygens (including phenoxy) is 1. The van der Waals surface area contributed by atoms with Crippen molar-refractivity contribution in [1.82, 2.24) is 0 Å². The lowest BCUT2D eigenvalue weighted by Gasteiger charge is -2.13. The van der Waals surface area contributed by atoms with Gasteiger partial charge in [0, 0.05) is 6.42 Å². The van der Waals surface area contributed by atoms with Crippen LogP contribution >= 0.6 is 0 Å². The standard InChI is InChI=1S/C12H19N3O4S/c1-8(7-13)5-12(16)15-10-6-9(20(14,17)18)3-4-11(10)19-2/h3-4,6,8H,5,7,13H2,1-2H3,(H,15,16)(H2,14,17,18). The third kappa shape index (κ3) is 4.48. The van der Waals surface area contributed by atoms with Crippen molar-refractivity contribution in [2.75, 3.05) is 19.0 Å². The average molecular weight is 301 g/mol. The second-order valence-electron chi connectivity index (χ2n) is 4.50. The molecule has 0 radical (unpaired) electrons. The van der Waals surface area contributed by atoms with Crippen LogP contribution < -0.4 is 20.9 Å². The number of methoxy groups -OCH3 is 1. The van der Waals surface area contributed by atoms with Crippen LogP contribution in [0.5, 0.6) is 5.75 Å². The number of anilines is 1. The van der Waals surface area contributed by atoms with Crippen LogP contribution in [0.1, 0.15) is 13.3 Å². The highest BCUT2D eigenvalue weighted by Gasteiger charge is 2.15. The van der Waals surface area contributed by atoms with Crippen LogP contribution in [0.2, 0.25) is 0 Å². The van der Waals surface area contributed by atoms with Crippen molar-refractivity contribution in [3.8, 4) is 5.75 Å². The number of rotatable bonds is 6. The van der Waals surface area contributed by atoms with Gasteiger partial charge in [-0.25, -0.2) is 13.6 Å². The summed E-state index contributed by atoms with van der Waals surface area (Å²) in [5.74, 6) is 0.112. The molecule has 0 aromatic heterocycles. The van der Waals surface area contributed by atoms with Crippen LogP contribution in [-0.4, -0.2) is 28.0 Å². The molecule has 112 valence electrons. The van der Waals surface area contributed by atoms with E-state index >= 15 is 0 Å².